The number of carbonyl (C=O) groups is 1. The number of amides is 1. The molecular weight excluding hydrogens is 272 g/mol. The first-order valence-corrected chi connectivity index (χ1v) is 8.12. The number of nitrogens with zero attached hydrogens (tertiary/aromatic N) is 1. The van der Waals surface area contributed by atoms with Gasteiger partial charge in [0.2, 0.25) is 5.91 Å². The molecule has 2 N–H and O–H groups in total. The van der Waals surface area contributed by atoms with E-state index in [0.29, 0.717) is 24.4 Å². The molecule has 1 heterocycles. The molecule has 0 radical (unpaired) electrons. The third-order valence-corrected chi connectivity index (χ3v) is 5.11. The second kappa shape index (κ2) is 8.23. The van der Waals surface area contributed by atoms with Gasteiger partial charge < -0.3 is 10.6 Å². The van der Waals surface area contributed by atoms with Crippen LogP contribution in [0.3, 0.4) is 0 Å². The molecule has 2 rings (SSSR count). The second-order valence-corrected chi connectivity index (χ2v) is 6.82. The normalized spacial score (nSPS) is 29.1. The molecule has 0 bridgehead atoms. The van der Waals surface area contributed by atoms with Crippen molar-refractivity contribution in [3.8, 4) is 0 Å². The Morgan fingerprint density at radius 1 is 1.25 bits per heavy atom. The Morgan fingerprint density at radius 2 is 1.90 bits per heavy atom. The van der Waals surface area contributed by atoms with Gasteiger partial charge in [0.15, 0.2) is 0 Å². The zero-order chi connectivity index (χ0) is 13.8. The van der Waals surface area contributed by atoms with Crippen LogP contribution in [-0.2, 0) is 4.79 Å². The zero-order valence-electron chi connectivity index (χ0n) is 13.0. The Balaban J connectivity index is 0.00000200. The Bertz CT molecular complexity index is 305. The summed E-state index contributed by atoms with van der Waals surface area (Å²) in [6.45, 7) is 5.89. The standard InChI is InChI=1S/C16H30N2O.ClH/c1-12(8-14-6-4-3-5-7-14)16(19)18-11-15(10-17)9-13(18)2;/h12-15H,3-11,17H2,1-2H3;1H. The molecule has 3 atom stereocenters. The van der Waals surface area contributed by atoms with E-state index in [0.717, 1.165) is 25.3 Å². The number of halogens is 1. The van der Waals surface area contributed by atoms with Crippen molar-refractivity contribution in [3.63, 3.8) is 0 Å². The van der Waals surface area contributed by atoms with Crippen molar-refractivity contribution in [2.75, 3.05) is 13.1 Å². The summed E-state index contributed by atoms with van der Waals surface area (Å²) < 4.78 is 0. The number of nitrogens with two attached hydrogens (primary N) is 1. The molecule has 1 aliphatic heterocycles. The first-order chi connectivity index (χ1) is 9.11. The third-order valence-electron chi connectivity index (χ3n) is 5.11. The molecule has 1 saturated carbocycles. The first kappa shape index (κ1) is 17.8. The topological polar surface area (TPSA) is 46.3 Å². The molecule has 0 aromatic heterocycles. The zero-order valence-corrected chi connectivity index (χ0v) is 13.8. The fraction of sp³-hybridized carbons (Fsp3) is 0.938. The maximum absolute atomic E-state index is 12.6. The average Bonchev–Trinajstić information content (AvgIpc) is 2.80. The highest BCUT2D eigenvalue weighted by Crippen LogP contribution is 2.31. The van der Waals surface area contributed by atoms with Crippen molar-refractivity contribution in [1.29, 1.82) is 0 Å². The number of carbonyl (C=O) groups excluding carboxylic acids is 1. The van der Waals surface area contributed by atoms with Crippen molar-refractivity contribution >= 4 is 18.3 Å². The molecule has 3 nitrogen and oxygen atoms in total. The molecule has 118 valence electrons. The van der Waals surface area contributed by atoms with E-state index in [2.05, 4.69) is 18.7 Å². The summed E-state index contributed by atoms with van der Waals surface area (Å²) in [5.74, 6) is 1.87. The van der Waals surface area contributed by atoms with Gasteiger partial charge in [0.05, 0.1) is 0 Å². The lowest BCUT2D eigenvalue weighted by Gasteiger charge is -2.29. The van der Waals surface area contributed by atoms with Crippen LogP contribution in [-0.4, -0.2) is 29.9 Å². The van der Waals surface area contributed by atoms with Gasteiger partial charge in [0, 0.05) is 18.5 Å². The number of rotatable bonds is 4. The molecular formula is C16H31ClN2O. The summed E-state index contributed by atoms with van der Waals surface area (Å²) >= 11 is 0. The van der Waals surface area contributed by atoms with E-state index in [1.165, 1.54) is 32.1 Å². The van der Waals surface area contributed by atoms with Crippen molar-refractivity contribution in [3.05, 3.63) is 0 Å². The van der Waals surface area contributed by atoms with Gasteiger partial charge in [-0.2, -0.15) is 0 Å². The largest absolute Gasteiger partial charge is 0.339 e. The number of hydrogen-bond donors (Lipinski definition) is 1. The third kappa shape index (κ3) is 4.36. The lowest BCUT2D eigenvalue weighted by molar-refractivity contribution is -0.136. The van der Waals surface area contributed by atoms with Gasteiger partial charge in [0.1, 0.15) is 0 Å². The molecule has 0 aromatic rings. The van der Waals surface area contributed by atoms with Gasteiger partial charge in [-0.1, -0.05) is 39.0 Å². The highest BCUT2D eigenvalue weighted by molar-refractivity contribution is 5.85. The van der Waals surface area contributed by atoms with E-state index in [4.69, 9.17) is 5.73 Å². The summed E-state index contributed by atoms with van der Waals surface area (Å²) in [5.41, 5.74) is 5.75. The second-order valence-electron chi connectivity index (χ2n) is 6.82. The molecule has 1 aliphatic carbocycles. The van der Waals surface area contributed by atoms with Crippen LogP contribution < -0.4 is 5.73 Å². The molecule has 0 aromatic carbocycles. The maximum atomic E-state index is 12.6. The summed E-state index contributed by atoms with van der Waals surface area (Å²) in [6, 6.07) is 0.384. The van der Waals surface area contributed by atoms with Gasteiger partial charge >= 0.3 is 0 Å². The Kier molecular flexibility index (Phi) is 7.32. The molecule has 20 heavy (non-hydrogen) atoms. The minimum Gasteiger partial charge on any atom is -0.339 e. The van der Waals surface area contributed by atoms with Crippen LogP contribution in [0.1, 0.15) is 58.8 Å². The van der Waals surface area contributed by atoms with Gasteiger partial charge in [0.25, 0.3) is 0 Å². The smallest absolute Gasteiger partial charge is 0.225 e. The molecule has 1 amide bonds. The molecule has 0 spiro atoms. The number of hydrogen-bond acceptors (Lipinski definition) is 2. The molecule has 4 heteroatoms. The summed E-state index contributed by atoms with van der Waals surface area (Å²) in [6.07, 6.45) is 8.95. The fourth-order valence-electron chi connectivity index (χ4n) is 3.93. The Hall–Kier alpha value is -0.280. The number of likely N-dealkylation sites (tertiary alicyclic amines) is 1. The van der Waals surface area contributed by atoms with Crippen molar-refractivity contribution in [2.24, 2.45) is 23.5 Å². The quantitative estimate of drug-likeness (QED) is 0.867. The van der Waals surface area contributed by atoms with Crippen LogP contribution in [0.4, 0.5) is 0 Å². The van der Waals surface area contributed by atoms with Crippen molar-refractivity contribution in [1.82, 2.24) is 4.90 Å². The van der Waals surface area contributed by atoms with Crippen LogP contribution in [0, 0.1) is 17.8 Å². The first-order valence-electron chi connectivity index (χ1n) is 8.12. The van der Waals surface area contributed by atoms with Crippen LogP contribution in [0.5, 0.6) is 0 Å². The summed E-state index contributed by atoms with van der Waals surface area (Å²) in [5, 5.41) is 0. The van der Waals surface area contributed by atoms with E-state index in [1.54, 1.807) is 0 Å². The van der Waals surface area contributed by atoms with E-state index in [1.807, 2.05) is 0 Å². The minimum atomic E-state index is 0. The minimum absolute atomic E-state index is 0. The van der Waals surface area contributed by atoms with Crippen LogP contribution >= 0.6 is 12.4 Å². The van der Waals surface area contributed by atoms with Crippen molar-refractivity contribution in [2.45, 2.75) is 64.8 Å². The monoisotopic (exact) mass is 302 g/mol. The van der Waals surface area contributed by atoms with Gasteiger partial charge in [-0.05, 0) is 38.1 Å². The van der Waals surface area contributed by atoms with Crippen LogP contribution in [0.15, 0.2) is 0 Å². The van der Waals surface area contributed by atoms with E-state index >= 15 is 0 Å². The predicted octanol–water partition coefficient (Wildman–Crippen LogP) is 3.21. The molecule has 2 fully saturated rings. The lowest BCUT2D eigenvalue weighted by atomic mass is 9.83. The maximum Gasteiger partial charge on any atom is 0.225 e. The van der Waals surface area contributed by atoms with E-state index < -0.39 is 0 Å². The predicted molar refractivity (Wildman–Crippen MR) is 85.9 cm³/mol. The van der Waals surface area contributed by atoms with E-state index in [-0.39, 0.29) is 18.3 Å². The Morgan fingerprint density at radius 3 is 2.45 bits per heavy atom. The summed E-state index contributed by atoms with van der Waals surface area (Å²) in [7, 11) is 0. The highest BCUT2D eigenvalue weighted by Gasteiger charge is 2.34. The lowest BCUT2D eigenvalue weighted by Crippen LogP contribution is -2.38. The van der Waals surface area contributed by atoms with Gasteiger partial charge in [-0.15, -0.1) is 12.4 Å². The van der Waals surface area contributed by atoms with Gasteiger partial charge in [-0.3, -0.25) is 4.79 Å². The van der Waals surface area contributed by atoms with Crippen LogP contribution in [0.25, 0.3) is 0 Å². The molecule has 3 unspecified atom stereocenters. The molecule has 2 aliphatic rings. The summed E-state index contributed by atoms with van der Waals surface area (Å²) in [4.78, 5) is 14.7. The average molecular weight is 303 g/mol. The SMILES string of the molecule is CC(CC1CCCCC1)C(=O)N1CC(CN)CC1C.Cl. The van der Waals surface area contributed by atoms with Gasteiger partial charge in [-0.25, -0.2) is 0 Å². The Labute approximate surface area is 130 Å². The highest BCUT2D eigenvalue weighted by atomic mass is 35.5. The van der Waals surface area contributed by atoms with Crippen molar-refractivity contribution < 1.29 is 4.79 Å². The fourth-order valence-corrected chi connectivity index (χ4v) is 3.93. The molecule has 1 saturated heterocycles. The van der Waals surface area contributed by atoms with E-state index in [9.17, 15) is 4.79 Å². The van der Waals surface area contributed by atoms with Crippen LogP contribution in [0.2, 0.25) is 0 Å².